The third-order valence-electron chi connectivity index (χ3n) is 3.22. The van der Waals surface area contributed by atoms with Crippen LogP contribution in [0.2, 0.25) is 5.02 Å². The number of hydrogen-bond donors (Lipinski definition) is 1. The van der Waals surface area contributed by atoms with Gasteiger partial charge in [0.2, 0.25) is 0 Å². The molecule has 2 rings (SSSR count). The summed E-state index contributed by atoms with van der Waals surface area (Å²) >= 11 is 5.96. The second-order valence-electron chi connectivity index (χ2n) is 4.55. The predicted octanol–water partition coefficient (Wildman–Crippen LogP) is 4.40. The summed E-state index contributed by atoms with van der Waals surface area (Å²) in [6, 6.07) is 5.16. The molecule has 0 aliphatic rings. The summed E-state index contributed by atoms with van der Waals surface area (Å²) in [5.74, 6) is -4.52. The van der Waals surface area contributed by atoms with Crippen LogP contribution >= 0.6 is 11.6 Å². The molecule has 112 valence electrons. The molecular formula is C15H12ClF4N. The van der Waals surface area contributed by atoms with Crippen LogP contribution in [0.4, 0.5) is 17.6 Å². The lowest BCUT2D eigenvalue weighted by Gasteiger charge is -2.18. The van der Waals surface area contributed by atoms with E-state index in [0.717, 1.165) is 12.1 Å². The molecule has 0 spiro atoms. The molecule has 1 N–H and O–H groups in total. The maximum atomic E-state index is 13.8. The monoisotopic (exact) mass is 317 g/mol. The number of benzene rings is 2. The molecule has 2 aromatic rings. The molecule has 0 bridgehead atoms. The second kappa shape index (κ2) is 6.45. The van der Waals surface area contributed by atoms with Crippen molar-refractivity contribution in [2.24, 2.45) is 0 Å². The minimum absolute atomic E-state index is 0.0447. The van der Waals surface area contributed by atoms with Gasteiger partial charge in [-0.1, -0.05) is 17.7 Å². The van der Waals surface area contributed by atoms with Gasteiger partial charge >= 0.3 is 0 Å². The minimum atomic E-state index is -1.53. The first-order valence-electron chi connectivity index (χ1n) is 6.18. The van der Waals surface area contributed by atoms with Gasteiger partial charge in [-0.2, -0.15) is 0 Å². The Morgan fingerprint density at radius 3 is 2.43 bits per heavy atom. The van der Waals surface area contributed by atoms with E-state index < -0.39 is 29.3 Å². The lowest BCUT2D eigenvalue weighted by molar-refractivity contribution is 0.428. The van der Waals surface area contributed by atoms with E-state index in [9.17, 15) is 17.6 Å². The highest BCUT2D eigenvalue weighted by atomic mass is 35.5. The van der Waals surface area contributed by atoms with Crippen molar-refractivity contribution >= 4 is 11.6 Å². The molecule has 21 heavy (non-hydrogen) atoms. The van der Waals surface area contributed by atoms with E-state index in [-0.39, 0.29) is 12.0 Å². The Kier molecular flexibility index (Phi) is 4.85. The molecule has 6 heteroatoms. The van der Waals surface area contributed by atoms with Gasteiger partial charge in [0.15, 0.2) is 17.5 Å². The van der Waals surface area contributed by atoms with Crippen LogP contribution in [0.15, 0.2) is 30.3 Å². The maximum absolute atomic E-state index is 13.8. The summed E-state index contributed by atoms with van der Waals surface area (Å²) in [6.45, 7) is 0. The van der Waals surface area contributed by atoms with E-state index in [0.29, 0.717) is 10.6 Å². The molecular weight excluding hydrogens is 306 g/mol. The van der Waals surface area contributed by atoms with Crippen LogP contribution in [0.1, 0.15) is 17.2 Å². The molecule has 0 aromatic heterocycles. The van der Waals surface area contributed by atoms with Crippen molar-refractivity contribution in [1.82, 2.24) is 5.32 Å². The van der Waals surface area contributed by atoms with Crippen LogP contribution in [0, 0.1) is 23.3 Å². The number of rotatable bonds is 4. The summed E-state index contributed by atoms with van der Waals surface area (Å²) in [4.78, 5) is 0. The van der Waals surface area contributed by atoms with E-state index in [4.69, 9.17) is 11.6 Å². The number of halogens is 5. The Hall–Kier alpha value is -1.59. The minimum Gasteiger partial charge on any atom is -0.313 e. The van der Waals surface area contributed by atoms with Gasteiger partial charge in [0.25, 0.3) is 0 Å². The molecule has 1 unspecified atom stereocenters. The average Bonchev–Trinajstić information content (AvgIpc) is 2.46. The van der Waals surface area contributed by atoms with Gasteiger partial charge in [0.05, 0.1) is 0 Å². The van der Waals surface area contributed by atoms with Crippen LogP contribution in [0.3, 0.4) is 0 Å². The third kappa shape index (κ3) is 3.36. The Labute approximate surface area is 124 Å². The molecule has 1 nitrogen and oxygen atoms in total. The lowest BCUT2D eigenvalue weighted by Crippen LogP contribution is -2.21. The zero-order valence-electron chi connectivity index (χ0n) is 11.1. The summed E-state index contributed by atoms with van der Waals surface area (Å²) in [7, 11) is 1.54. The summed E-state index contributed by atoms with van der Waals surface area (Å²) in [6.07, 6.45) is 0.134. The van der Waals surface area contributed by atoms with E-state index in [1.165, 1.54) is 18.2 Å². The normalized spacial score (nSPS) is 12.5. The third-order valence-corrected chi connectivity index (χ3v) is 3.59. The highest BCUT2D eigenvalue weighted by molar-refractivity contribution is 6.31. The van der Waals surface area contributed by atoms with E-state index >= 15 is 0 Å². The molecule has 2 aromatic carbocycles. The molecule has 0 heterocycles. The van der Waals surface area contributed by atoms with E-state index in [2.05, 4.69) is 5.32 Å². The van der Waals surface area contributed by atoms with Crippen LogP contribution < -0.4 is 5.32 Å². The molecule has 0 radical (unpaired) electrons. The zero-order chi connectivity index (χ0) is 15.6. The molecule has 1 atom stereocenters. The van der Waals surface area contributed by atoms with Crippen molar-refractivity contribution in [2.75, 3.05) is 7.05 Å². The summed E-state index contributed by atoms with van der Waals surface area (Å²) < 4.78 is 53.3. The Morgan fingerprint density at radius 2 is 1.76 bits per heavy atom. The average molecular weight is 318 g/mol. The van der Waals surface area contributed by atoms with E-state index in [1.807, 2.05) is 0 Å². The Morgan fingerprint density at radius 1 is 1.05 bits per heavy atom. The van der Waals surface area contributed by atoms with Crippen molar-refractivity contribution in [3.8, 4) is 0 Å². The second-order valence-corrected chi connectivity index (χ2v) is 4.95. The van der Waals surface area contributed by atoms with Gasteiger partial charge < -0.3 is 5.32 Å². The van der Waals surface area contributed by atoms with Crippen molar-refractivity contribution in [1.29, 1.82) is 0 Å². The SMILES string of the molecule is CNC(Cc1cc(F)ccc1Cl)c1ccc(F)c(F)c1F. The fourth-order valence-corrected chi connectivity index (χ4v) is 2.29. The van der Waals surface area contributed by atoms with Gasteiger partial charge in [-0.05, 0) is 43.3 Å². The van der Waals surface area contributed by atoms with Crippen molar-refractivity contribution in [2.45, 2.75) is 12.5 Å². The van der Waals surface area contributed by atoms with Crippen LogP contribution in [0.25, 0.3) is 0 Å². The standard InChI is InChI=1S/C15H12ClF4N/c1-21-13(7-8-6-9(17)2-4-11(8)16)10-3-5-12(18)15(20)14(10)19/h2-6,13,21H,7H2,1H3. The Balaban J connectivity index is 2.37. The predicted molar refractivity (Wildman–Crippen MR) is 73.2 cm³/mol. The van der Waals surface area contributed by atoms with Gasteiger partial charge in [-0.3, -0.25) is 0 Å². The fraction of sp³-hybridized carbons (Fsp3) is 0.200. The summed E-state index contributed by atoms with van der Waals surface area (Å²) in [5, 5.41) is 3.11. The highest BCUT2D eigenvalue weighted by Crippen LogP contribution is 2.27. The summed E-state index contributed by atoms with van der Waals surface area (Å²) in [5.41, 5.74) is 0.400. The van der Waals surface area contributed by atoms with Gasteiger partial charge in [0, 0.05) is 16.6 Å². The first-order valence-corrected chi connectivity index (χ1v) is 6.56. The van der Waals surface area contributed by atoms with Crippen LogP contribution in [-0.4, -0.2) is 7.05 Å². The molecule has 0 fully saturated rings. The molecule has 0 amide bonds. The van der Waals surface area contributed by atoms with Crippen LogP contribution in [-0.2, 0) is 6.42 Å². The van der Waals surface area contributed by atoms with Gasteiger partial charge in [-0.15, -0.1) is 0 Å². The topological polar surface area (TPSA) is 12.0 Å². The smallest absolute Gasteiger partial charge is 0.194 e. The molecule has 0 aliphatic carbocycles. The zero-order valence-corrected chi connectivity index (χ0v) is 11.8. The largest absolute Gasteiger partial charge is 0.313 e. The van der Waals surface area contributed by atoms with Crippen molar-refractivity contribution < 1.29 is 17.6 Å². The first kappa shape index (κ1) is 15.8. The molecule has 0 saturated carbocycles. The molecule has 0 saturated heterocycles. The van der Waals surface area contributed by atoms with Gasteiger partial charge in [0.1, 0.15) is 5.82 Å². The highest BCUT2D eigenvalue weighted by Gasteiger charge is 2.21. The quantitative estimate of drug-likeness (QED) is 0.651. The molecule has 0 aliphatic heterocycles. The fourth-order valence-electron chi connectivity index (χ4n) is 2.10. The number of hydrogen-bond acceptors (Lipinski definition) is 1. The Bertz CT molecular complexity index is 660. The first-order chi connectivity index (χ1) is 9.93. The van der Waals surface area contributed by atoms with Crippen LogP contribution in [0.5, 0.6) is 0 Å². The number of nitrogens with one attached hydrogen (secondary N) is 1. The number of likely N-dealkylation sites (N-methyl/N-ethyl adjacent to an activating group) is 1. The maximum Gasteiger partial charge on any atom is 0.194 e. The lowest BCUT2D eigenvalue weighted by atomic mass is 9.98. The van der Waals surface area contributed by atoms with Crippen molar-refractivity contribution in [3.63, 3.8) is 0 Å². The van der Waals surface area contributed by atoms with Crippen molar-refractivity contribution in [3.05, 3.63) is 69.8 Å². The van der Waals surface area contributed by atoms with Gasteiger partial charge in [-0.25, -0.2) is 17.6 Å². The van der Waals surface area contributed by atoms with E-state index in [1.54, 1.807) is 7.05 Å².